The molecule has 2 aromatic carbocycles. The van der Waals surface area contributed by atoms with Crippen molar-refractivity contribution in [2.24, 2.45) is 0 Å². The van der Waals surface area contributed by atoms with E-state index < -0.39 is 0 Å². The number of pyridine rings is 1. The van der Waals surface area contributed by atoms with E-state index in [9.17, 15) is 4.79 Å². The van der Waals surface area contributed by atoms with Crippen molar-refractivity contribution < 1.29 is 9.53 Å². The van der Waals surface area contributed by atoms with Gasteiger partial charge in [-0.15, -0.1) is 0 Å². The van der Waals surface area contributed by atoms with Gasteiger partial charge in [0.05, 0.1) is 11.1 Å². The van der Waals surface area contributed by atoms with E-state index in [1.54, 1.807) is 18.3 Å². The van der Waals surface area contributed by atoms with Gasteiger partial charge in [0.15, 0.2) is 6.61 Å². The summed E-state index contributed by atoms with van der Waals surface area (Å²) in [5, 5.41) is 4.57. The molecule has 1 amide bonds. The number of carbonyl (C=O) groups excluding carboxylic acids is 1. The number of amides is 1. The summed E-state index contributed by atoms with van der Waals surface area (Å²) in [5.74, 6) is 0.382. The van der Waals surface area contributed by atoms with Gasteiger partial charge < -0.3 is 15.0 Å². The van der Waals surface area contributed by atoms with Crippen LogP contribution >= 0.6 is 11.6 Å². The number of benzene rings is 2. The molecule has 31 heavy (non-hydrogen) atoms. The highest BCUT2D eigenvalue weighted by Gasteiger charge is 2.21. The van der Waals surface area contributed by atoms with Gasteiger partial charge in [-0.05, 0) is 36.9 Å². The Bertz CT molecular complexity index is 1020. The van der Waals surface area contributed by atoms with E-state index in [0.717, 1.165) is 43.7 Å². The van der Waals surface area contributed by atoms with E-state index in [1.165, 1.54) is 0 Å². The largest absolute Gasteiger partial charge is 0.481 e. The van der Waals surface area contributed by atoms with Crippen molar-refractivity contribution in [2.45, 2.75) is 6.04 Å². The fraction of sp³-hybridized carbons (Fsp3) is 0.333. The fourth-order valence-electron chi connectivity index (χ4n) is 3.82. The van der Waals surface area contributed by atoms with E-state index in [0.29, 0.717) is 16.3 Å². The van der Waals surface area contributed by atoms with Gasteiger partial charge in [0, 0.05) is 44.3 Å². The zero-order valence-corrected chi connectivity index (χ0v) is 18.4. The minimum atomic E-state index is -0.165. The van der Waals surface area contributed by atoms with Crippen LogP contribution in [0.5, 0.6) is 5.75 Å². The second-order valence-corrected chi connectivity index (χ2v) is 8.28. The highest BCUT2D eigenvalue weighted by atomic mass is 35.5. The van der Waals surface area contributed by atoms with Crippen LogP contribution in [0.2, 0.25) is 5.02 Å². The number of nitrogens with one attached hydrogen (secondary N) is 1. The second-order valence-electron chi connectivity index (χ2n) is 7.87. The number of likely N-dealkylation sites (N-methyl/N-ethyl adjacent to an activating group) is 1. The number of nitrogens with zero attached hydrogens (tertiary/aromatic N) is 3. The minimum Gasteiger partial charge on any atom is -0.481 e. The molecule has 4 rings (SSSR count). The van der Waals surface area contributed by atoms with Crippen LogP contribution in [0.3, 0.4) is 0 Å². The van der Waals surface area contributed by atoms with Crippen LogP contribution in [0.15, 0.2) is 60.8 Å². The average molecular weight is 439 g/mol. The van der Waals surface area contributed by atoms with Crippen molar-refractivity contribution in [3.8, 4) is 5.75 Å². The van der Waals surface area contributed by atoms with Crippen LogP contribution in [-0.2, 0) is 4.79 Å². The number of halogens is 1. The Balaban J connectivity index is 1.42. The Hall–Kier alpha value is -2.67. The molecule has 1 fully saturated rings. The number of rotatable bonds is 7. The first-order chi connectivity index (χ1) is 15.1. The topological polar surface area (TPSA) is 57.7 Å². The Labute approximate surface area is 187 Å². The summed E-state index contributed by atoms with van der Waals surface area (Å²) in [4.78, 5) is 21.9. The average Bonchev–Trinajstić information content (AvgIpc) is 2.80. The normalized spacial score (nSPS) is 16.2. The lowest BCUT2D eigenvalue weighted by atomic mass is 10.1. The highest BCUT2D eigenvalue weighted by molar-refractivity contribution is 6.35. The number of aromatic nitrogens is 1. The zero-order valence-electron chi connectivity index (χ0n) is 17.6. The standard InChI is InChI=1S/C24H27ClN4O2/c1-28-12-14-29(15-13-28)16-21(18-6-3-2-4-7-18)27-23(30)17-31-22-10-9-20(25)19-8-5-11-26-24(19)22/h2-11,21H,12-17H2,1H3,(H,27,30). The van der Waals surface area contributed by atoms with Crippen LogP contribution < -0.4 is 10.1 Å². The summed E-state index contributed by atoms with van der Waals surface area (Å²) >= 11 is 6.25. The Morgan fingerprint density at radius 1 is 1.10 bits per heavy atom. The maximum Gasteiger partial charge on any atom is 0.258 e. The number of hydrogen-bond donors (Lipinski definition) is 1. The third-order valence-corrected chi connectivity index (χ3v) is 5.94. The summed E-state index contributed by atoms with van der Waals surface area (Å²) in [6, 6.07) is 17.2. The molecule has 0 saturated carbocycles. The van der Waals surface area contributed by atoms with Gasteiger partial charge in [0.1, 0.15) is 11.3 Å². The number of carbonyl (C=O) groups is 1. The molecule has 1 aromatic heterocycles. The molecular weight excluding hydrogens is 412 g/mol. The van der Waals surface area contributed by atoms with Crippen LogP contribution in [-0.4, -0.2) is 67.1 Å². The smallest absolute Gasteiger partial charge is 0.258 e. The molecule has 0 aliphatic carbocycles. The SMILES string of the molecule is CN1CCN(CC(NC(=O)COc2ccc(Cl)c3cccnc23)c2ccccc2)CC1. The molecule has 1 aliphatic rings. The first kappa shape index (κ1) is 21.6. The third-order valence-electron chi connectivity index (χ3n) is 5.61. The minimum absolute atomic E-state index is 0.0840. The second kappa shape index (κ2) is 10.1. The molecule has 3 aromatic rings. The number of ether oxygens (including phenoxy) is 1. The fourth-order valence-corrected chi connectivity index (χ4v) is 4.03. The van der Waals surface area contributed by atoms with E-state index in [-0.39, 0.29) is 18.6 Å². The molecule has 6 nitrogen and oxygen atoms in total. The van der Waals surface area contributed by atoms with Crippen LogP contribution in [0, 0.1) is 0 Å². The van der Waals surface area contributed by atoms with Crippen molar-refractivity contribution in [2.75, 3.05) is 46.4 Å². The van der Waals surface area contributed by atoms with Crippen molar-refractivity contribution >= 4 is 28.4 Å². The summed E-state index contributed by atoms with van der Waals surface area (Å²) in [6.07, 6.45) is 1.69. The summed E-state index contributed by atoms with van der Waals surface area (Å²) in [7, 11) is 2.14. The number of fused-ring (bicyclic) bond motifs is 1. The predicted octanol–water partition coefficient (Wildman–Crippen LogP) is 3.37. The number of hydrogen-bond acceptors (Lipinski definition) is 5. The molecule has 7 heteroatoms. The number of piperazine rings is 1. The van der Waals surface area contributed by atoms with Gasteiger partial charge >= 0.3 is 0 Å². The molecule has 1 N–H and O–H groups in total. The van der Waals surface area contributed by atoms with Gasteiger partial charge in [-0.3, -0.25) is 14.7 Å². The van der Waals surface area contributed by atoms with Gasteiger partial charge in [-0.2, -0.15) is 0 Å². The van der Waals surface area contributed by atoms with Crippen molar-refractivity contribution in [3.63, 3.8) is 0 Å². The molecule has 2 heterocycles. The van der Waals surface area contributed by atoms with Crippen LogP contribution in [0.25, 0.3) is 10.9 Å². The monoisotopic (exact) mass is 438 g/mol. The van der Waals surface area contributed by atoms with E-state index in [4.69, 9.17) is 16.3 Å². The Kier molecular flexibility index (Phi) is 7.02. The molecule has 1 unspecified atom stereocenters. The lowest BCUT2D eigenvalue weighted by molar-refractivity contribution is -0.124. The maximum atomic E-state index is 12.8. The maximum absolute atomic E-state index is 12.8. The molecule has 1 saturated heterocycles. The Morgan fingerprint density at radius 3 is 2.65 bits per heavy atom. The van der Waals surface area contributed by atoms with E-state index in [1.807, 2.05) is 30.3 Å². The molecule has 0 spiro atoms. The highest BCUT2D eigenvalue weighted by Crippen LogP contribution is 2.29. The van der Waals surface area contributed by atoms with Gasteiger partial charge in [0.25, 0.3) is 5.91 Å². The van der Waals surface area contributed by atoms with Crippen molar-refractivity contribution in [1.82, 2.24) is 20.1 Å². The summed E-state index contributed by atoms with van der Waals surface area (Å²) in [6.45, 7) is 4.75. The predicted molar refractivity (Wildman–Crippen MR) is 124 cm³/mol. The lowest BCUT2D eigenvalue weighted by Gasteiger charge is -2.35. The van der Waals surface area contributed by atoms with E-state index in [2.05, 4.69) is 39.3 Å². The molecule has 162 valence electrons. The first-order valence-electron chi connectivity index (χ1n) is 10.5. The van der Waals surface area contributed by atoms with Crippen molar-refractivity contribution in [3.05, 3.63) is 71.4 Å². The van der Waals surface area contributed by atoms with E-state index >= 15 is 0 Å². The molecule has 1 atom stereocenters. The molecular formula is C24H27ClN4O2. The quantitative estimate of drug-likeness (QED) is 0.613. The van der Waals surface area contributed by atoms with Gasteiger partial charge in [-0.1, -0.05) is 41.9 Å². The van der Waals surface area contributed by atoms with Crippen molar-refractivity contribution in [1.29, 1.82) is 0 Å². The molecule has 1 aliphatic heterocycles. The summed E-state index contributed by atoms with van der Waals surface area (Å²) in [5.41, 5.74) is 1.74. The zero-order chi connectivity index (χ0) is 21.6. The molecule has 0 radical (unpaired) electrons. The van der Waals surface area contributed by atoms with Gasteiger partial charge in [-0.25, -0.2) is 0 Å². The Morgan fingerprint density at radius 2 is 1.87 bits per heavy atom. The third kappa shape index (κ3) is 5.53. The first-order valence-corrected chi connectivity index (χ1v) is 10.9. The summed E-state index contributed by atoms with van der Waals surface area (Å²) < 4.78 is 5.82. The molecule has 0 bridgehead atoms. The van der Waals surface area contributed by atoms with Crippen LogP contribution in [0.4, 0.5) is 0 Å². The van der Waals surface area contributed by atoms with Gasteiger partial charge in [0.2, 0.25) is 0 Å². The lowest BCUT2D eigenvalue weighted by Crippen LogP contribution is -2.48. The van der Waals surface area contributed by atoms with Crippen LogP contribution in [0.1, 0.15) is 11.6 Å².